The first-order chi connectivity index (χ1) is 12.5. The molecule has 1 aromatic heterocycles. The number of nitrogens with one attached hydrogen (secondary N) is 2. The van der Waals surface area contributed by atoms with Gasteiger partial charge in [0, 0.05) is 25.4 Å². The number of rotatable bonds is 6. The second kappa shape index (κ2) is 9.27. The topological polar surface area (TPSA) is 92.9 Å². The lowest BCUT2D eigenvalue weighted by molar-refractivity contribution is 0.0616. The largest absolute Gasteiger partial charge is 0.454 e. The van der Waals surface area contributed by atoms with Gasteiger partial charge in [0.25, 0.3) is 0 Å². The Morgan fingerprint density at radius 1 is 1.33 bits per heavy atom. The summed E-state index contributed by atoms with van der Waals surface area (Å²) in [5.41, 5.74) is 0.716. The van der Waals surface area contributed by atoms with E-state index in [2.05, 4.69) is 20.7 Å². The van der Waals surface area contributed by atoms with E-state index in [1.807, 2.05) is 32.2 Å². The fraction of sp³-hybridized carbons (Fsp3) is 0.444. The van der Waals surface area contributed by atoms with Crippen LogP contribution < -0.4 is 20.1 Å². The summed E-state index contributed by atoms with van der Waals surface area (Å²) in [5, 5.41) is 21.2. The van der Waals surface area contributed by atoms with Gasteiger partial charge in [0.1, 0.15) is 5.60 Å². The van der Waals surface area contributed by atoms with E-state index in [1.165, 1.54) is 0 Å². The number of aromatic nitrogens is 2. The van der Waals surface area contributed by atoms with Crippen LogP contribution in [0.1, 0.15) is 25.0 Å². The summed E-state index contributed by atoms with van der Waals surface area (Å²) in [6, 6.07) is 5.79. The number of aliphatic imine (C=N–C) groups is 1. The molecule has 8 nitrogen and oxygen atoms in total. The zero-order valence-electron chi connectivity index (χ0n) is 15.7. The molecule has 0 radical (unpaired) electrons. The minimum Gasteiger partial charge on any atom is -0.454 e. The number of fused-ring (bicyclic) bond motifs is 1. The molecule has 0 bridgehead atoms. The maximum absolute atomic E-state index is 10.7. The van der Waals surface area contributed by atoms with Crippen LogP contribution in [-0.2, 0) is 19.2 Å². The molecule has 0 saturated heterocycles. The first kappa shape index (κ1) is 21.3. The number of aryl methyl sites for hydroxylation is 1. The van der Waals surface area contributed by atoms with Crippen molar-refractivity contribution in [2.75, 3.05) is 19.9 Å². The molecule has 0 saturated carbocycles. The third-order valence-electron chi connectivity index (χ3n) is 4.13. The van der Waals surface area contributed by atoms with Crippen LogP contribution >= 0.6 is 24.0 Å². The van der Waals surface area contributed by atoms with Crippen molar-refractivity contribution in [1.82, 2.24) is 20.4 Å². The molecule has 9 heteroatoms. The van der Waals surface area contributed by atoms with Gasteiger partial charge in [0.15, 0.2) is 17.5 Å². The SMILES string of the molecule is CCNC(=NCc1ccc2c(c1)OCO2)NCC(C)(O)c1cnn(C)c1.I. The Bertz CT molecular complexity index is 791. The van der Waals surface area contributed by atoms with Crippen LogP contribution in [0.2, 0.25) is 0 Å². The predicted octanol–water partition coefficient (Wildman–Crippen LogP) is 1.73. The minimum absolute atomic E-state index is 0. The molecule has 3 N–H and O–H groups in total. The molecule has 2 heterocycles. The first-order valence-electron chi connectivity index (χ1n) is 8.60. The molecule has 0 aliphatic carbocycles. The summed E-state index contributed by atoms with van der Waals surface area (Å²) in [6.45, 7) is 5.53. The van der Waals surface area contributed by atoms with E-state index in [1.54, 1.807) is 24.0 Å². The zero-order valence-corrected chi connectivity index (χ0v) is 18.1. The van der Waals surface area contributed by atoms with Crippen molar-refractivity contribution < 1.29 is 14.6 Å². The number of nitrogens with zero attached hydrogens (tertiary/aromatic N) is 3. The molecule has 148 valence electrons. The van der Waals surface area contributed by atoms with Crippen LogP contribution in [0.25, 0.3) is 0 Å². The summed E-state index contributed by atoms with van der Waals surface area (Å²) in [7, 11) is 1.82. The highest BCUT2D eigenvalue weighted by Gasteiger charge is 2.25. The monoisotopic (exact) mass is 487 g/mol. The molecular formula is C18H26IN5O3. The Morgan fingerprint density at radius 3 is 2.81 bits per heavy atom. The lowest BCUT2D eigenvalue weighted by atomic mass is 10.00. The van der Waals surface area contributed by atoms with Crippen LogP contribution in [0.15, 0.2) is 35.6 Å². The summed E-state index contributed by atoms with van der Waals surface area (Å²) in [4.78, 5) is 4.58. The summed E-state index contributed by atoms with van der Waals surface area (Å²) in [5.74, 6) is 2.14. The van der Waals surface area contributed by atoms with E-state index in [0.717, 1.165) is 29.2 Å². The number of hydrogen-bond acceptors (Lipinski definition) is 5. The normalized spacial score (nSPS) is 15.0. The summed E-state index contributed by atoms with van der Waals surface area (Å²) < 4.78 is 12.4. The van der Waals surface area contributed by atoms with E-state index in [0.29, 0.717) is 19.0 Å². The fourth-order valence-electron chi connectivity index (χ4n) is 2.61. The van der Waals surface area contributed by atoms with E-state index < -0.39 is 5.60 Å². The quantitative estimate of drug-likeness (QED) is 0.327. The number of hydrogen-bond donors (Lipinski definition) is 3. The molecular weight excluding hydrogens is 461 g/mol. The third kappa shape index (κ3) is 5.48. The molecule has 3 rings (SSSR count). The van der Waals surface area contributed by atoms with Crippen LogP contribution in [0.5, 0.6) is 11.5 Å². The van der Waals surface area contributed by atoms with Gasteiger partial charge in [-0.15, -0.1) is 24.0 Å². The molecule has 0 fully saturated rings. The van der Waals surface area contributed by atoms with Gasteiger partial charge in [-0.1, -0.05) is 6.07 Å². The van der Waals surface area contributed by atoms with E-state index in [9.17, 15) is 5.11 Å². The van der Waals surface area contributed by atoms with Crippen molar-refractivity contribution in [3.05, 3.63) is 41.7 Å². The van der Waals surface area contributed by atoms with Gasteiger partial charge in [0.2, 0.25) is 6.79 Å². The van der Waals surface area contributed by atoms with Crippen molar-refractivity contribution in [3.63, 3.8) is 0 Å². The Balaban J connectivity index is 0.00000261. The molecule has 1 aliphatic rings. The highest BCUT2D eigenvalue weighted by molar-refractivity contribution is 14.0. The van der Waals surface area contributed by atoms with E-state index >= 15 is 0 Å². The Morgan fingerprint density at radius 2 is 2.11 bits per heavy atom. The van der Waals surface area contributed by atoms with Gasteiger partial charge in [-0.25, -0.2) is 4.99 Å². The molecule has 0 spiro atoms. The van der Waals surface area contributed by atoms with Gasteiger partial charge in [0.05, 0.1) is 19.3 Å². The maximum atomic E-state index is 10.7. The van der Waals surface area contributed by atoms with Crippen molar-refractivity contribution in [1.29, 1.82) is 0 Å². The van der Waals surface area contributed by atoms with Gasteiger partial charge in [-0.05, 0) is 31.5 Å². The highest BCUT2D eigenvalue weighted by atomic mass is 127. The van der Waals surface area contributed by atoms with Gasteiger partial charge in [-0.2, -0.15) is 5.10 Å². The molecule has 1 aromatic carbocycles. The molecule has 0 amide bonds. The lowest BCUT2D eigenvalue weighted by Gasteiger charge is -2.23. The number of aliphatic hydroxyl groups is 1. The molecule has 27 heavy (non-hydrogen) atoms. The number of ether oxygens (including phenoxy) is 2. The van der Waals surface area contributed by atoms with Crippen molar-refractivity contribution >= 4 is 29.9 Å². The Labute approximate surface area is 176 Å². The Kier molecular flexibility index (Phi) is 7.31. The predicted molar refractivity (Wildman–Crippen MR) is 114 cm³/mol. The molecule has 1 aliphatic heterocycles. The summed E-state index contributed by atoms with van der Waals surface area (Å²) in [6.07, 6.45) is 3.47. The molecule has 1 atom stereocenters. The second-order valence-electron chi connectivity index (χ2n) is 6.41. The van der Waals surface area contributed by atoms with Crippen molar-refractivity contribution in [2.45, 2.75) is 26.0 Å². The zero-order chi connectivity index (χ0) is 18.6. The Hall–Kier alpha value is -2.01. The number of halogens is 1. The van der Waals surface area contributed by atoms with Gasteiger partial charge in [-0.3, -0.25) is 4.68 Å². The first-order valence-corrected chi connectivity index (χ1v) is 8.60. The third-order valence-corrected chi connectivity index (χ3v) is 4.13. The van der Waals surface area contributed by atoms with Crippen LogP contribution in [-0.4, -0.2) is 40.7 Å². The smallest absolute Gasteiger partial charge is 0.231 e. The second-order valence-corrected chi connectivity index (χ2v) is 6.41. The van der Waals surface area contributed by atoms with Gasteiger partial charge >= 0.3 is 0 Å². The lowest BCUT2D eigenvalue weighted by Crippen LogP contribution is -2.44. The van der Waals surface area contributed by atoms with Crippen molar-refractivity contribution in [3.8, 4) is 11.5 Å². The van der Waals surface area contributed by atoms with Crippen molar-refractivity contribution in [2.24, 2.45) is 12.0 Å². The minimum atomic E-state index is -1.05. The maximum Gasteiger partial charge on any atom is 0.231 e. The van der Waals surface area contributed by atoms with Crippen LogP contribution in [0.4, 0.5) is 0 Å². The highest BCUT2D eigenvalue weighted by Crippen LogP contribution is 2.32. The van der Waals surface area contributed by atoms with Crippen LogP contribution in [0.3, 0.4) is 0 Å². The summed E-state index contributed by atoms with van der Waals surface area (Å²) >= 11 is 0. The average molecular weight is 487 g/mol. The number of guanidine groups is 1. The van der Waals surface area contributed by atoms with E-state index in [4.69, 9.17) is 9.47 Å². The molecule has 1 unspecified atom stereocenters. The number of benzene rings is 1. The average Bonchev–Trinajstić information content (AvgIpc) is 3.26. The molecule has 2 aromatic rings. The van der Waals surface area contributed by atoms with Crippen LogP contribution in [0, 0.1) is 0 Å². The fourth-order valence-corrected chi connectivity index (χ4v) is 2.61. The van der Waals surface area contributed by atoms with E-state index in [-0.39, 0.29) is 30.8 Å². The standard InChI is InChI=1S/C18H25N5O3.HI/c1-4-19-17(21-11-18(2,24)14-9-22-23(3)10-14)20-8-13-5-6-15-16(7-13)26-12-25-15;/h5-7,9-10,24H,4,8,11-12H2,1-3H3,(H2,19,20,21);1H. The van der Waals surface area contributed by atoms with Gasteiger partial charge < -0.3 is 25.2 Å².